The van der Waals surface area contributed by atoms with Gasteiger partial charge in [-0.25, -0.2) is 0 Å². The lowest BCUT2D eigenvalue weighted by molar-refractivity contribution is 0.173. The van der Waals surface area contributed by atoms with Crippen LogP contribution in [0.15, 0.2) is 24.3 Å². The van der Waals surface area contributed by atoms with Crippen LogP contribution in [0.5, 0.6) is 5.75 Å². The SMILES string of the molecule is COCCNCc1ccccc1OCC(C)CO. The molecule has 0 aliphatic rings. The summed E-state index contributed by atoms with van der Waals surface area (Å²) in [6, 6.07) is 7.95. The fourth-order valence-corrected chi connectivity index (χ4v) is 1.47. The summed E-state index contributed by atoms with van der Waals surface area (Å²) >= 11 is 0. The van der Waals surface area contributed by atoms with Crippen molar-refractivity contribution in [1.29, 1.82) is 0 Å². The zero-order valence-corrected chi connectivity index (χ0v) is 11.2. The number of hydrogen-bond donors (Lipinski definition) is 2. The van der Waals surface area contributed by atoms with Crippen molar-refractivity contribution < 1.29 is 14.6 Å². The molecule has 0 bridgehead atoms. The number of rotatable bonds is 9. The number of methoxy groups -OCH3 is 1. The first-order chi connectivity index (χ1) is 8.77. The second-order valence-corrected chi connectivity index (χ2v) is 4.38. The van der Waals surface area contributed by atoms with Crippen LogP contribution in [-0.4, -0.2) is 38.6 Å². The third-order valence-electron chi connectivity index (χ3n) is 2.61. The Labute approximate surface area is 109 Å². The molecule has 1 unspecified atom stereocenters. The largest absolute Gasteiger partial charge is 0.493 e. The summed E-state index contributed by atoms with van der Waals surface area (Å²) in [4.78, 5) is 0. The van der Waals surface area contributed by atoms with Crippen molar-refractivity contribution in [3.8, 4) is 5.75 Å². The lowest BCUT2D eigenvalue weighted by Crippen LogP contribution is -2.19. The van der Waals surface area contributed by atoms with E-state index in [4.69, 9.17) is 14.6 Å². The minimum Gasteiger partial charge on any atom is -0.493 e. The van der Waals surface area contributed by atoms with Crippen LogP contribution in [0.3, 0.4) is 0 Å². The molecule has 0 spiro atoms. The van der Waals surface area contributed by atoms with Gasteiger partial charge in [-0.2, -0.15) is 0 Å². The third-order valence-corrected chi connectivity index (χ3v) is 2.61. The van der Waals surface area contributed by atoms with E-state index in [1.807, 2.05) is 31.2 Å². The van der Waals surface area contributed by atoms with Crippen LogP contribution in [0.2, 0.25) is 0 Å². The number of aliphatic hydroxyl groups excluding tert-OH is 1. The Bertz CT molecular complexity index is 331. The molecule has 0 amide bonds. The average Bonchev–Trinajstić information content (AvgIpc) is 2.42. The number of aliphatic hydroxyl groups is 1. The number of nitrogens with one attached hydrogen (secondary N) is 1. The second-order valence-electron chi connectivity index (χ2n) is 4.38. The molecule has 0 aromatic heterocycles. The van der Waals surface area contributed by atoms with Crippen LogP contribution >= 0.6 is 0 Å². The van der Waals surface area contributed by atoms with E-state index < -0.39 is 0 Å². The molecule has 0 saturated heterocycles. The molecule has 1 atom stereocenters. The summed E-state index contributed by atoms with van der Waals surface area (Å²) in [5.41, 5.74) is 1.12. The van der Waals surface area contributed by atoms with Gasteiger partial charge in [-0.05, 0) is 6.07 Å². The van der Waals surface area contributed by atoms with Crippen molar-refractivity contribution in [3.05, 3.63) is 29.8 Å². The van der Waals surface area contributed by atoms with E-state index in [1.165, 1.54) is 0 Å². The minimum atomic E-state index is 0.147. The third kappa shape index (κ3) is 5.49. The molecular formula is C14H23NO3. The van der Waals surface area contributed by atoms with Crippen LogP contribution in [0.1, 0.15) is 12.5 Å². The summed E-state index contributed by atoms with van der Waals surface area (Å²) in [6.45, 7) is 4.91. The van der Waals surface area contributed by atoms with Crippen LogP contribution < -0.4 is 10.1 Å². The van der Waals surface area contributed by atoms with Gasteiger partial charge in [-0.15, -0.1) is 0 Å². The van der Waals surface area contributed by atoms with E-state index in [-0.39, 0.29) is 12.5 Å². The van der Waals surface area contributed by atoms with Crippen molar-refractivity contribution in [1.82, 2.24) is 5.32 Å². The quantitative estimate of drug-likeness (QED) is 0.654. The van der Waals surface area contributed by atoms with E-state index in [1.54, 1.807) is 7.11 Å². The van der Waals surface area contributed by atoms with E-state index in [2.05, 4.69) is 5.32 Å². The van der Waals surface area contributed by atoms with Gasteiger partial charge in [0.1, 0.15) is 5.75 Å². The van der Waals surface area contributed by atoms with Gasteiger partial charge in [-0.3, -0.25) is 0 Å². The normalized spacial score (nSPS) is 12.4. The standard InChI is InChI=1S/C14H23NO3/c1-12(10-16)11-18-14-6-4-3-5-13(14)9-15-7-8-17-2/h3-6,12,15-16H,7-11H2,1-2H3. The smallest absolute Gasteiger partial charge is 0.123 e. The van der Waals surface area contributed by atoms with Crippen molar-refractivity contribution in [2.75, 3.05) is 33.5 Å². The molecule has 1 aromatic carbocycles. The van der Waals surface area contributed by atoms with Gasteiger partial charge in [0.15, 0.2) is 0 Å². The Morgan fingerprint density at radius 2 is 2.11 bits per heavy atom. The Hall–Kier alpha value is -1.10. The summed E-state index contributed by atoms with van der Waals surface area (Å²) in [6.07, 6.45) is 0. The molecule has 18 heavy (non-hydrogen) atoms. The molecular weight excluding hydrogens is 230 g/mol. The van der Waals surface area contributed by atoms with Crippen LogP contribution in [0, 0.1) is 5.92 Å². The first-order valence-electron chi connectivity index (χ1n) is 6.29. The van der Waals surface area contributed by atoms with Crippen LogP contribution in [0.25, 0.3) is 0 Å². The van der Waals surface area contributed by atoms with Crippen molar-refractivity contribution in [3.63, 3.8) is 0 Å². The highest BCUT2D eigenvalue weighted by atomic mass is 16.5. The van der Waals surface area contributed by atoms with Gasteiger partial charge < -0.3 is 19.9 Å². The highest BCUT2D eigenvalue weighted by Gasteiger charge is 2.05. The van der Waals surface area contributed by atoms with Crippen LogP contribution in [0.4, 0.5) is 0 Å². The van der Waals surface area contributed by atoms with Gasteiger partial charge in [0, 0.05) is 38.3 Å². The molecule has 0 saturated carbocycles. The second kappa shape index (κ2) is 8.91. The zero-order chi connectivity index (χ0) is 13.2. The predicted octanol–water partition coefficient (Wildman–Crippen LogP) is 1.43. The molecule has 1 rings (SSSR count). The molecule has 2 N–H and O–H groups in total. The summed E-state index contributed by atoms with van der Waals surface area (Å²) in [5.74, 6) is 1.03. The van der Waals surface area contributed by atoms with E-state index in [0.29, 0.717) is 13.2 Å². The number of ether oxygens (including phenoxy) is 2. The Morgan fingerprint density at radius 3 is 2.83 bits per heavy atom. The monoisotopic (exact) mass is 253 g/mol. The van der Waals surface area contributed by atoms with Gasteiger partial charge in [-0.1, -0.05) is 25.1 Å². The van der Waals surface area contributed by atoms with E-state index in [0.717, 1.165) is 24.4 Å². The molecule has 102 valence electrons. The fourth-order valence-electron chi connectivity index (χ4n) is 1.47. The lowest BCUT2D eigenvalue weighted by Gasteiger charge is -2.14. The molecule has 1 aromatic rings. The summed E-state index contributed by atoms with van der Waals surface area (Å²) in [7, 11) is 1.69. The molecule has 4 heteroatoms. The van der Waals surface area contributed by atoms with Crippen molar-refractivity contribution in [2.24, 2.45) is 5.92 Å². The number of hydrogen-bond acceptors (Lipinski definition) is 4. The van der Waals surface area contributed by atoms with E-state index >= 15 is 0 Å². The Morgan fingerprint density at radius 1 is 1.33 bits per heavy atom. The van der Waals surface area contributed by atoms with Crippen molar-refractivity contribution in [2.45, 2.75) is 13.5 Å². The van der Waals surface area contributed by atoms with Gasteiger partial charge in [0.2, 0.25) is 0 Å². The summed E-state index contributed by atoms with van der Waals surface area (Å²) < 4.78 is 10.7. The molecule has 0 aliphatic carbocycles. The molecule has 0 radical (unpaired) electrons. The Kier molecular flexibility index (Phi) is 7.41. The first-order valence-corrected chi connectivity index (χ1v) is 6.29. The average molecular weight is 253 g/mol. The van der Waals surface area contributed by atoms with Crippen LogP contribution in [-0.2, 0) is 11.3 Å². The number of benzene rings is 1. The topological polar surface area (TPSA) is 50.7 Å². The highest BCUT2D eigenvalue weighted by Crippen LogP contribution is 2.18. The van der Waals surface area contributed by atoms with Gasteiger partial charge in [0.05, 0.1) is 13.2 Å². The predicted molar refractivity (Wildman–Crippen MR) is 71.8 cm³/mol. The summed E-state index contributed by atoms with van der Waals surface area (Å²) in [5, 5.41) is 12.3. The fraction of sp³-hybridized carbons (Fsp3) is 0.571. The maximum absolute atomic E-state index is 8.98. The van der Waals surface area contributed by atoms with Gasteiger partial charge >= 0.3 is 0 Å². The van der Waals surface area contributed by atoms with Crippen molar-refractivity contribution >= 4 is 0 Å². The molecule has 0 fully saturated rings. The zero-order valence-electron chi connectivity index (χ0n) is 11.2. The number of para-hydroxylation sites is 1. The van der Waals surface area contributed by atoms with Gasteiger partial charge in [0.25, 0.3) is 0 Å². The lowest BCUT2D eigenvalue weighted by atomic mass is 10.2. The molecule has 4 nitrogen and oxygen atoms in total. The first kappa shape index (κ1) is 15.0. The minimum absolute atomic E-state index is 0.147. The molecule has 0 aliphatic heterocycles. The maximum Gasteiger partial charge on any atom is 0.123 e. The Balaban J connectivity index is 2.45. The molecule has 0 heterocycles. The maximum atomic E-state index is 8.98. The highest BCUT2D eigenvalue weighted by molar-refractivity contribution is 5.33. The van der Waals surface area contributed by atoms with E-state index in [9.17, 15) is 0 Å².